The third-order valence-corrected chi connectivity index (χ3v) is 5.68. The van der Waals surface area contributed by atoms with Crippen LogP contribution in [0.5, 0.6) is 0 Å². The van der Waals surface area contributed by atoms with Crippen LogP contribution >= 0.6 is 0 Å². The van der Waals surface area contributed by atoms with E-state index in [4.69, 9.17) is 0 Å². The lowest BCUT2D eigenvalue weighted by Gasteiger charge is -2.34. The summed E-state index contributed by atoms with van der Waals surface area (Å²) in [5.41, 5.74) is 0.107. The Balaban J connectivity index is 1.50. The van der Waals surface area contributed by atoms with Crippen molar-refractivity contribution in [1.29, 1.82) is 0 Å². The van der Waals surface area contributed by atoms with Gasteiger partial charge in [-0.1, -0.05) is 32.6 Å². The second-order valence-corrected chi connectivity index (χ2v) is 7.64. The van der Waals surface area contributed by atoms with Gasteiger partial charge in [-0.25, -0.2) is 4.68 Å². The molecule has 7 heteroatoms. The number of hydrogen-bond acceptors (Lipinski definition) is 4. The van der Waals surface area contributed by atoms with Gasteiger partial charge in [-0.15, -0.1) is 0 Å². The van der Waals surface area contributed by atoms with Crippen molar-refractivity contribution in [3.05, 3.63) is 28.2 Å². The van der Waals surface area contributed by atoms with Crippen LogP contribution in [0.1, 0.15) is 62.4 Å². The van der Waals surface area contributed by atoms with Gasteiger partial charge in [-0.3, -0.25) is 14.4 Å². The van der Waals surface area contributed by atoms with Gasteiger partial charge in [0.25, 0.3) is 11.5 Å². The van der Waals surface area contributed by atoms with E-state index in [1.165, 1.54) is 42.5 Å². The van der Waals surface area contributed by atoms with E-state index in [1.807, 2.05) is 11.8 Å². The highest BCUT2D eigenvalue weighted by Gasteiger charge is 2.26. The maximum atomic E-state index is 12.7. The molecule has 2 heterocycles. The summed E-state index contributed by atoms with van der Waals surface area (Å²) >= 11 is 0. The minimum Gasteiger partial charge on any atom is -0.339 e. The average Bonchev–Trinajstić information content (AvgIpc) is 3.21. The van der Waals surface area contributed by atoms with E-state index in [2.05, 4.69) is 5.10 Å². The fourth-order valence-corrected chi connectivity index (χ4v) is 4.04. The van der Waals surface area contributed by atoms with Crippen molar-refractivity contribution >= 4 is 11.8 Å². The summed E-state index contributed by atoms with van der Waals surface area (Å²) in [4.78, 5) is 40.5. The van der Waals surface area contributed by atoms with E-state index in [0.717, 1.165) is 18.8 Å². The number of amides is 2. The molecule has 7 nitrogen and oxygen atoms in total. The van der Waals surface area contributed by atoms with E-state index < -0.39 is 0 Å². The van der Waals surface area contributed by atoms with Crippen LogP contribution in [0, 0.1) is 5.92 Å². The summed E-state index contributed by atoms with van der Waals surface area (Å²) in [6.45, 7) is 4.65. The molecule has 0 unspecified atom stereocenters. The zero-order chi connectivity index (χ0) is 19.2. The smallest absolute Gasteiger partial charge is 0.274 e. The third-order valence-electron chi connectivity index (χ3n) is 5.68. The Labute approximate surface area is 160 Å². The highest BCUT2D eigenvalue weighted by atomic mass is 16.2. The molecular weight excluding hydrogens is 344 g/mol. The first-order chi connectivity index (χ1) is 13.1. The standard InChI is InChI=1S/C20H30N4O3/c1-2-11-24-19(26)10-8-17(21-24)20(27)23-14-12-22(13-15-23)18(25)9-7-16-5-3-4-6-16/h8,10,16H,2-7,9,11-15H2,1H3. The molecule has 0 bridgehead atoms. The number of carbonyl (C=O) groups is 2. The zero-order valence-electron chi connectivity index (χ0n) is 16.2. The van der Waals surface area contributed by atoms with Crippen LogP contribution in [-0.2, 0) is 11.3 Å². The first kappa shape index (κ1) is 19.6. The summed E-state index contributed by atoms with van der Waals surface area (Å²) in [5, 5.41) is 4.20. The summed E-state index contributed by atoms with van der Waals surface area (Å²) in [6, 6.07) is 2.90. The first-order valence-corrected chi connectivity index (χ1v) is 10.2. The third kappa shape index (κ3) is 4.96. The largest absolute Gasteiger partial charge is 0.339 e. The van der Waals surface area contributed by atoms with E-state index >= 15 is 0 Å². The number of hydrogen-bond donors (Lipinski definition) is 0. The Bertz CT molecular complexity index is 716. The van der Waals surface area contributed by atoms with Gasteiger partial charge in [-0.05, 0) is 24.8 Å². The van der Waals surface area contributed by atoms with Crippen molar-refractivity contribution < 1.29 is 9.59 Å². The molecule has 3 rings (SSSR count). The Morgan fingerprint density at radius 1 is 1.07 bits per heavy atom. The van der Waals surface area contributed by atoms with E-state index in [1.54, 1.807) is 4.90 Å². The van der Waals surface area contributed by atoms with Crippen LogP contribution in [0.15, 0.2) is 16.9 Å². The first-order valence-electron chi connectivity index (χ1n) is 10.2. The summed E-state index contributed by atoms with van der Waals surface area (Å²) in [6.07, 6.45) is 7.55. The molecule has 0 spiro atoms. The Kier molecular flexibility index (Phi) is 6.63. The van der Waals surface area contributed by atoms with Gasteiger partial charge in [-0.2, -0.15) is 5.10 Å². The molecule has 0 atom stereocenters. The summed E-state index contributed by atoms with van der Waals surface area (Å²) in [5.74, 6) is 0.767. The number of rotatable bonds is 6. The molecule has 2 amide bonds. The Morgan fingerprint density at radius 3 is 2.41 bits per heavy atom. The topological polar surface area (TPSA) is 75.5 Å². The van der Waals surface area contributed by atoms with Gasteiger partial charge in [0.05, 0.1) is 0 Å². The molecule has 1 saturated heterocycles. The fraction of sp³-hybridized carbons (Fsp3) is 0.700. The highest BCUT2D eigenvalue weighted by molar-refractivity contribution is 5.92. The summed E-state index contributed by atoms with van der Waals surface area (Å²) in [7, 11) is 0. The molecule has 0 radical (unpaired) electrons. The number of aryl methyl sites for hydroxylation is 1. The van der Waals surface area contributed by atoms with Crippen molar-refractivity contribution in [2.45, 2.75) is 58.4 Å². The molecule has 0 N–H and O–H groups in total. The number of carbonyl (C=O) groups excluding carboxylic acids is 2. The molecule has 1 aliphatic carbocycles. The minimum atomic E-state index is -0.189. The Morgan fingerprint density at radius 2 is 1.74 bits per heavy atom. The van der Waals surface area contributed by atoms with Crippen molar-refractivity contribution in [3.63, 3.8) is 0 Å². The minimum absolute atomic E-state index is 0.169. The van der Waals surface area contributed by atoms with Gasteiger partial charge in [0.15, 0.2) is 0 Å². The van der Waals surface area contributed by atoms with Gasteiger partial charge >= 0.3 is 0 Å². The van der Waals surface area contributed by atoms with Crippen molar-refractivity contribution in [2.24, 2.45) is 5.92 Å². The molecule has 0 aromatic carbocycles. The van der Waals surface area contributed by atoms with E-state index in [0.29, 0.717) is 44.8 Å². The second kappa shape index (κ2) is 9.15. The molecule has 2 aliphatic rings. The normalized spacial score (nSPS) is 18.1. The highest BCUT2D eigenvalue weighted by Crippen LogP contribution is 2.28. The van der Waals surface area contributed by atoms with Crippen LogP contribution in [-0.4, -0.2) is 57.6 Å². The van der Waals surface area contributed by atoms with Crippen LogP contribution in [0.3, 0.4) is 0 Å². The predicted octanol–water partition coefficient (Wildman–Crippen LogP) is 1.91. The maximum Gasteiger partial charge on any atom is 0.274 e. The van der Waals surface area contributed by atoms with E-state index in [9.17, 15) is 14.4 Å². The van der Waals surface area contributed by atoms with Crippen molar-refractivity contribution in [1.82, 2.24) is 19.6 Å². The monoisotopic (exact) mass is 374 g/mol. The molecule has 1 aliphatic heterocycles. The predicted molar refractivity (Wildman–Crippen MR) is 102 cm³/mol. The Hall–Kier alpha value is -2.18. The SMILES string of the molecule is CCCn1nc(C(=O)N2CCN(C(=O)CCC3CCCC3)CC2)ccc1=O. The van der Waals surface area contributed by atoms with E-state index in [-0.39, 0.29) is 17.4 Å². The van der Waals surface area contributed by atoms with Crippen LogP contribution in [0.2, 0.25) is 0 Å². The second-order valence-electron chi connectivity index (χ2n) is 7.64. The van der Waals surface area contributed by atoms with Crippen LogP contribution < -0.4 is 5.56 Å². The van der Waals surface area contributed by atoms with Crippen LogP contribution in [0.4, 0.5) is 0 Å². The molecule has 1 aromatic heterocycles. The lowest BCUT2D eigenvalue weighted by atomic mass is 10.0. The number of piperazine rings is 1. The molecule has 1 aromatic rings. The quantitative estimate of drug-likeness (QED) is 0.762. The number of nitrogens with zero attached hydrogens (tertiary/aromatic N) is 4. The van der Waals surface area contributed by atoms with Gasteiger partial charge in [0, 0.05) is 45.2 Å². The van der Waals surface area contributed by atoms with Crippen LogP contribution in [0.25, 0.3) is 0 Å². The van der Waals surface area contributed by atoms with Gasteiger partial charge in [0.2, 0.25) is 5.91 Å². The maximum absolute atomic E-state index is 12.7. The van der Waals surface area contributed by atoms with Crippen molar-refractivity contribution in [3.8, 4) is 0 Å². The fourth-order valence-electron chi connectivity index (χ4n) is 4.04. The van der Waals surface area contributed by atoms with Gasteiger partial charge in [0.1, 0.15) is 5.69 Å². The number of aromatic nitrogens is 2. The molecule has 1 saturated carbocycles. The molecule has 148 valence electrons. The molecule has 27 heavy (non-hydrogen) atoms. The molecular formula is C20H30N4O3. The lowest BCUT2D eigenvalue weighted by molar-refractivity contribution is -0.133. The zero-order valence-corrected chi connectivity index (χ0v) is 16.2. The molecule has 2 fully saturated rings. The lowest BCUT2D eigenvalue weighted by Crippen LogP contribution is -2.51. The van der Waals surface area contributed by atoms with Crippen molar-refractivity contribution in [2.75, 3.05) is 26.2 Å². The average molecular weight is 374 g/mol. The summed E-state index contributed by atoms with van der Waals surface area (Å²) < 4.78 is 1.34. The van der Waals surface area contributed by atoms with Gasteiger partial charge < -0.3 is 9.80 Å².